The molecule has 0 spiro atoms. The van der Waals surface area contributed by atoms with E-state index in [1.807, 2.05) is 44.2 Å². The number of hydrogen-bond acceptors (Lipinski definition) is 5. The van der Waals surface area contributed by atoms with Gasteiger partial charge in [-0.2, -0.15) is 0 Å². The normalized spacial score (nSPS) is 12.0. The summed E-state index contributed by atoms with van der Waals surface area (Å²) in [6.07, 6.45) is -0.931. The molecule has 27 heavy (non-hydrogen) atoms. The van der Waals surface area contributed by atoms with Crippen LogP contribution in [-0.4, -0.2) is 18.7 Å². The summed E-state index contributed by atoms with van der Waals surface area (Å²) in [6, 6.07) is 13.0. The predicted octanol–water partition coefficient (Wildman–Crippen LogP) is 4.41. The Labute approximate surface area is 157 Å². The molecule has 0 aliphatic carbocycles. The zero-order valence-electron chi connectivity index (χ0n) is 15.9. The summed E-state index contributed by atoms with van der Waals surface area (Å²) in [7, 11) is 0. The topological polar surface area (TPSA) is 65.7 Å². The third-order valence-corrected chi connectivity index (χ3v) is 4.23. The van der Waals surface area contributed by atoms with Crippen LogP contribution in [0.5, 0.6) is 5.75 Å². The smallest absolute Gasteiger partial charge is 0.347 e. The van der Waals surface area contributed by atoms with Gasteiger partial charge in [-0.3, -0.25) is 4.79 Å². The van der Waals surface area contributed by atoms with Crippen LogP contribution in [0.25, 0.3) is 22.3 Å². The lowest BCUT2D eigenvalue weighted by molar-refractivity contribution is -0.150. The van der Waals surface area contributed by atoms with Gasteiger partial charge < -0.3 is 13.9 Å². The van der Waals surface area contributed by atoms with Crippen molar-refractivity contribution in [2.24, 2.45) is 0 Å². The second kappa shape index (κ2) is 7.66. The SMILES string of the molecule is CCOC(=O)[C@@H](C)Oc1c(-c2ccc(C)cc2)oc2ccc(C)cc2c1=O. The standard InChI is InChI=1S/C22H22O5/c1-5-25-22(24)15(4)26-21-19(23)17-12-14(3)8-11-18(17)27-20(21)16-9-6-13(2)7-10-16/h6-12,15H,5H2,1-4H3/t15-/m1/s1. The van der Waals surface area contributed by atoms with Crippen molar-refractivity contribution in [3.8, 4) is 17.1 Å². The maximum atomic E-state index is 13.1. The first-order valence-electron chi connectivity index (χ1n) is 8.88. The highest BCUT2D eigenvalue weighted by molar-refractivity contribution is 5.83. The molecular weight excluding hydrogens is 344 g/mol. The van der Waals surface area contributed by atoms with Crippen molar-refractivity contribution in [2.45, 2.75) is 33.8 Å². The van der Waals surface area contributed by atoms with Crippen LogP contribution in [0.1, 0.15) is 25.0 Å². The van der Waals surface area contributed by atoms with Gasteiger partial charge in [-0.1, -0.05) is 41.5 Å². The molecule has 140 valence electrons. The van der Waals surface area contributed by atoms with Crippen LogP contribution in [0.4, 0.5) is 0 Å². The van der Waals surface area contributed by atoms with E-state index >= 15 is 0 Å². The van der Waals surface area contributed by atoms with Crippen LogP contribution in [0, 0.1) is 13.8 Å². The third-order valence-electron chi connectivity index (χ3n) is 4.23. The van der Waals surface area contributed by atoms with Crippen LogP contribution < -0.4 is 10.2 Å². The summed E-state index contributed by atoms with van der Waals surface area (Å²) in [5.74, 6) is -0.221. The minimum atomic E-state index is -0.931. The minimum Gasteiger partial charge on any atom is -0.471 e. The van der Waals surface area contributed by atoms with Gasteiger partial charge in [0.05, 0.1) is 12.0 Å². The Morgan fingerprint density at radius 1 is 1.07 bits per heavy atom. The van der Waals surface area contributed by atoms with E-state index in [4.69, 9.17) is 13.9 Å². The number of hydrogen-bond donors (Lipinski definition) is 0. The molecule has 0 saturated heterocycles. The first-order valence-corrected chi connectivity index (χ1v) is 8.88. The van der Waals surface area contributed by atoms with Crippen molar-refractivity contribution < 1.29 is 18.7 Å². The number of benzene rings is 2. The van der Waals surface area contributed by atoms with Crippen molar-refractivity contribution in [1.29, 1.82) is 0 Å². The predicted molar refractivity (Wildman–Crippen MR) is 104 cm³/mol. The van der Waals surface area contributed by atoms with Crippen molar-refractivity contribution in [2.75, 3.05) is 6.61 Å². The molecule has 0 fully saturated rings. The van der Waals surface area contributed by atoms with E-state index in [1.54, 1.807) is 26.0 Å². The Hall–Kier alpha value is -3.08. The number of fused-ring (bicyclic) bond motifs is 1. The fraction of sp³-hybridized carbons (Fsp3) is 0.273. The molecule has 3 rings (SSSR count). The quantitative estimate of drug-likeness (QED) is 0.626. The van der Waals surface area contributed by atoms with Gasteiger partial charge in [-0.25, -0.2) is 4.79 Å². The van der Waals surface area contributed by atoms with Gasteiger partial charge in [0, 0.05) is 5.56 Å². The molecule has 0 saturated carbocycles. The molecule has 5 nitrogen and oxygen atoms in total. The molecule has 5 heteroatoms. The Bertz CT molecular complexity index is 1030. The fourth-order valence-electron chi connectivity index (χ4n) is 2.78. The molecule has 0 aliphatic heterocycles. The zero-order chi connectivity index (χ0) is 19.6. The van der Waals surface area contributed by atoms with Crippen LogP contribution in [0.3, 0.4) is 0 Å². The average Bonchev–Trinajstić information content (AvgIpc) is 2.65. The average molecular weight is 366 g/mol. The van der Waals surface area contributed by atoms with Crippen LogP contribution in [0.15, 0.2) is 51.7 Å². The summed E-state index contributed by atoms with van der Waals surface area (Å²) in [4.78, 5) is 25.1. The largest absolute Gasteiger partial charge is 0.471 e. The molecule has 1 heterocycles. The second-order valence-corrected chi connectivity index (χ2v) is 6.47. The van der Waals surface area contributed by atoms with E-state index in [0.29, 0.717) is 22.3 Å². The second-order valence-electron chi connectivity index (χ2n) is 6.47. The summed E-state index contributed by atoms with van der Waals surface area (Å²) in [5, 5.41) is 0.414. The van der Waals surface area contributed by atoms with Gasteiger partial charge in [0.25, 0.3) is 0 Å². The maximum Gasteiger partial charge on any atom is 0.347 e. The molecule has 0 unspecified atom stereocenters. The number of ether oxygens (including phenoxy) is 2. The summed E-state index contributed by atoms with van der Waals surface area (Å²) < 4.78 is 16.7. The van der Waals surface area contributed by atoms with Crippen molar-refractivity contribution in [3.05, 3.63) is 63.8 Å². The number of carbonyl (C=O) groups is 1. The van der Waals surface area contributed by atoms with E-state index in [2.05, 4.69) is 0 Å². The molecular formula is C22H22O5. The monoisotopic (exact) mass is 366 g/mol. The third kappa shape index (κ3) is 3.87. The van der Waals surface area contributed by atoms with E-state index in [1.165, 1.54) is 0 Å². The van der Waals surface area contributed by atoms with Gasteiger partial charge in [0.1, 0.15) is 5.58 Å². The van der Waals surface area contributed by atoms with Gasteiger partial charge in [-0.05, 0) is 39.8 Å². The van der Waals surface area contributed by atoms with E-state index in [9.17, 15) is 9.59 Å². The number of carbonyl (C=O) groups excluding carboxylic acids is 1. The number of esters is 1. The molecule has 0 amide bonds. The molecule has 0 radical (unpaired) electrons. The first-order chi connectivity index (χ1) is 12.9. The lowest BCUT2D eigenvalue weighted by Crippen LogP contribution is -2.28. The van der Waals surface area contributed by atoms with E-state index in [-0.39, 0.29) is 17.8 Å². The molecule has 1 atom stereocenters. The lowest BCUT2D eigenvalue weighted by atomic mass is 10.1. The molecule has 0 N–H and O–H groups in total. The summed E-state index contributed by atoms with van der Waals surface area (Å²) in [5.41, 5.74) is 2.87. The molecule has 3 aromatic rings. The number of aryl methyl sites for hydroxylation is 2. The van der Waals surface area contributed by atoms with E-state index < -0.39 is 12.1 Å². The van der Waals surface area contributed by atoms with Gasteiger partial charge in [0.2, 0.25) is 11.2 Å². The van der Waals surface area contributed by atoms with E-state index in [0.717, 1.165) is 11.1 Å². The Morgan fingerprint density at radius 3 is 2.41 bits per heavy atom. The first kappa shape index (κ1) is 18.7. The molecule has 2 aromatic carbocycles. The summed E-state index contributed by atoms with van der Waals surface area (Å²) >= 11 is 0. The van der Waals surface area contributed by atoms with Crippen molar-refractivity contribution >= 4 is 16.9 Å². The Balaban J connectivity index is 2.19. The van der Waals surface area contributed by atoms with Crippen LogP contribution in [0.2, 0.25) is 0 Å². The van der Waals surface area contributed by atoms with Crippen molar-refractivity contribution in [3.63, 3.8) is 0 Å². The number of rotatable bonds is 5. The highest BCUT2D eigenvalue weighted by Crippen LogP contribution is 2.32. The highest BCUT2D eigenvalue weighted by atomic mass is 16.6. The fourth-order valence-corrected chi connectivity index (χ4v) is 2.78. The summed E-state index contributed by atoms with van der Waals surface area (Å²) in [6.45, 7) is 7.38. The Kier molecular flexibility index (Phi) is 5.31. The molecule has 0 bridgehead atoms. The van der Waals surface area contributed by atoms with Gasteiger partial charge in [-0.15, -0.1) is 0 Å². The highest BCUT2D eigenvalue weighted by Gasteiger charge is 2.23. The van der Waals surface area contributed by atoms with Crippen molar-refractivity contribution in [1.82, 2.24) is 0 Å². The van der Waals surface area contributed by atoms with Gasteiger partial charge >= 0.3 is 5.97 Å². The van der Waals surface area contributed by atoms with Crippen LogP contribution in [-0.2, 0) is 9.53 Å². The zero-order valence-corrected chi connectivity index (χ0v) is 15.9. The van der Waals surface area contributed by atoms with Gasteiger partial charge in [0.15, 0.2) is 11.9 Å². The minimum absolute atomic E-state index is 0.0116. The lowest BCUT2D eigenvalue weighted by Gasteiger charge is -2.16. The molecule has 1 aromatic heterocycles. The maximum absolute atomic E-state index is 13.1. The Morgan fingerprint density at radius 2 is 1.74 bits per heavy atom. The molecule has 0 aliphatic rings. The van der Waals surface area contributed by atoms with Crippen LogP contribution >= 0.6 is 0 Å².